The van der Waals surface area contributed by atoms with Crippen LogP contribution in [0.25, 0.3) is 0 Å². The lowest BCUT2D eigenvalue weighted by atomic mass is 9.81. The molecule has 1 aromatic rings. The molecule has 1 amide bonds. The molecule has 10 heteroatoms. The number of nitrogens with one attached hydrogen (secondary N) is 1. The number of amides is 1. The van der Waals surface area contributed by atoms with Gasteiger partial charge < -0.3 is 29.7 Å². The zero-order valence-corrected chi connectivity index (χ0v) is 16.2. The Hall–Kier alpha value is -1.75. The van der Waals surface area contributed by atoms with Gasteiger partial charge in [-0.3, -0.25) is 4.79 Å². The number of carbonyl (C=O) groups is 1. The highest BCUT2D eigenvalue weighted by atomic mass is 16.7. The van der Waals surface area contributed by atoms with Crippen molar-refractivity contribution in [3.8, 4) is 0 Å². The normalized spacial score (nSPS) is 24.9. The van der Waals surface area contributed by atoms with Crippen molar-refractivity contribution in [2.45, 2.75) is 57.5 Å². The number of rotatable bonds is 5. The van der Waals surface area contributed by atoms with Gasteiger partial charge in [-0.25, -0.2) is 9.97 Å². The van der Waals surface area contributed by atoms with Crippen LogP contribution in [0.4, 0.5) is 5.95 Å². The molecule has 2 fully saturated rings. The van der Waals surface area contributed by atoms with Crippen molar-refractivity contribution in [2.75, 3.05) is 25.0 Å². The molecule has 0 aliphatic carbocycles. The molecule has 148 valence electrons. The second kappa shape index (κ2) is 7.35. The van der Waals surface area contributed by atoms with Crippen LogP contribution in [-0.2, 0) is 14.1 Å². The van der Waals surface area contributed by atoms with Crippen LogP contribution in [-0.4, -0.2) is 81.2 Å². The summed E-state index contributed by atoms with van der Waals surface area (Å²) in [6.45, 7) is 8.33. The Labute approximate surface area is 159 Å². The molecule has 2 atom stereocenters. The summed E-state index contributed by atoms with van der Waals surface area (Å²) >= 11 is 0. The van der Waals surface area contributed by atoms with Gasteiger partial charge in [0.1, 0.15) is 0 Å². The van der Waals surface area contributed by atoms with E-state index in [1.54, 1.807) is 12.4 Å². The van der Waals surface area contributed by atoms with Crippen molar-refractivity contribution in [1.82, 2.24) is 14.9 Å². The Morgan fingerprint density at radius 3 is 2.48 bits per heavy atom. The molecule has 3 heterocycles. The standard InChI is InChI=1S/C17H27BN4O5/c1-16(2)17(3,4)27-18(26-16)11-7-19-15(20-8-11)21-12-5-6-22(9-12)14(25)13(24)10-23/h7-8,12-13,23-24H,5-6,9-10H2,1-4H3,(H,19,20,21)/t12-,13+/m1/s1. The zero-order chi connectivity index (χ0) is 19.8. The van der Waals surface area contributed by atoms with Crippen LogP contribution in [0.15, 0.2) is 12.4 Å². The van der Waals surface area contributed by atoms with E-state index in [0.29, 0.717) is 25.5 Å². The smallest absolute Gasteiger partial charge is 0.399 e. The van der Waals surface area contributed by atoms with Crippen LogP contribution in [0, 0.1) is 0 Å². The third-order valence-corrected chi connectivity index (χ3v) is 5.49. The zero-order valence-electron chi connectivity index (χ0n) is 16.2. The number of carbonyl (C=O) groups excluding carboxylic acids is 1. The van der Waals surface area contributed by atoms with Crippen molar-refractivity contribution >= 4 is 24.4 Å². The second-order valence-corrected chi connectivity index (χ2v) is 8.04. The highest BCUT2D eigenvalue weighted by Crippen LogP contribution is 2.36. The average molecular weight is 378 g/mol. The Morgan fingerprint density at radius 1 is 1.33 bits per heavy atom. The van der Waals surface area contributed by atoms with Crippen LogP contribution in [0.3, 0.4) is 0 Å². The van der Waals surface area contributed by atoms with E-state index < -0.39 is 36.9 Å². The fraction of sp³-hybridized carbons (Fsp3) is 0.706. The van der Waals surface area contributed by atoms with E-state index in [-0.39, 0.29) is 6.04 Å². The summed E-state index contributed by atoms with van der Waals surface area (Å²) in [5.74, 6) is -0.00361. The minimum atomic E-state index is -1.36. The number of anilines is 1. The Balaban J connectivity index is 1.57. The lowest BCUT2D eigenvalue weighted by Gasteiger charge is -2.32. The number of aliphatic hydroxyl groups excluding tert-OH is 2. The van der Waals surface area contributed by atoms with Crippen molar-refractivity contribution in [3.05, 3.63) is 12.4 Å². The van der Waals surface area contributed by atoms with E-state index in [4.69, 9.17) is 14.4 Å². The lowest BCUT2D eigenvalue weighted by Crippen LogP contribution is -2.41. The predicted octanol–water partition coefficient (Wildman–Crippen LogP) is -0.858. The average Bonchev–Trinajstić information content (AvgIpc) is 3.16. The molecule has 1 aromatic heterocycles. The SMILES string of the molecule is CC1(C)OB(c2cnc(N[C@@H]3CCN(C(=O)[C@@H](O)CO)C3)nc2)OC1(C)C. The maximum Gasteiger partial charge on any atom is 0.498 e. The van der Waals surface area contributed by atoms with Gasteiger partial charge in [0.05, 0.1) is 17.8 Å². The maximum atomic E-state index is 11.9. The van der Waals surface area contributed by atoms with Crippen LogP contribution in [0.1, 0.15) is 34.1 Å². The first-order valence-electron chi connectivity index (χ1n) is 9.15. The minimum Gasteiger partial charge on any atom is -0.399 e. The first kappa shape index (κ1) is 20.0. The van der Waals surface area contributed by atoms with Gasteiger partial charge in [-0.05, 0) is 34.1 Å². The van der Waals surface area contributed by atoms with Gasteiger partial charge >= 0.3 is 7.12 Å². The van der Waals surface area contributed by atoms with E-state index in [0.717, 1.165) is 5.46 Å². The number of nitrogens with zero attached hydrogens (tertiary/aromatic N) is 3. The highest BCUT2D eigenvalue weighted by Gasteiger charge is 2.52. The number of aliphatic hydroxyl groups is 2. The summed E-state index contributed by atoms with van der Waals surface area (Å²) in [5.41, 5.74) is -0.102. The molecule has 0 saturated carbocycles. The fourth-order valence-corrected chi connectivity index (χ4v) is 3.06. The van der Waals surface area contributed by atoms with Crippen LogP contribution >= 0.6 is 0 Å². The third kappa shape index (κ3) is 4.08. The van der Waals surface area contributed by atoms with E-state index in [1.165, 1.54) is 4.90 Å². The van der Waals surface area contributed by atoms with Gasteiger partial charge in [0.25, 0.3) is 5.91 Å². The summed E-state index contributed by atoms with van der Waals surface area (Å²) in [6.07, 6.45) is 2.70. The van der Waals surface area contributed by atoms with Crippen LogP contribution in [0.5, 0.6) is 0 Å². The number of aromatic nitrogens is 2. The molecule has 3 N–H and O–H groups in total. The van der Waals surface area contributed by atoms with Crippen molar-refractivity contribution < 1.29 is 24.3 Å². The molecule has 2 aliphatic heterocycles. The van der Waals surface area contributed by atoms with E-state index in [2.05, 4.69) is 15.3 Å². The lowest BCUT2D eigenvalue weighted by molar-refractivity contribution is -0.140. The van der Waals surface area contributed by atoms with Crippen LogP contribution in [0.2, 0.25) is 0 Å². The van der Waals surface area contributed by atoms with Gasteiger partial charge in [-0.2, -0.15) is 0 Å². The Bertz CT molecular complexity index is 668. The van der Waals surface area contributed by atoms with Gasteiger partial charge in [-0.15, -0.1) is 0 Å². The van der Waals surface area contributed by atoms with Gasteiger partial charge in [0.2, 0.25) is 5.95 Å². The molecular formula is C17H27BN4O5. The molecule has 0 aromatic carbocycles. The highest BCUT2D eigenvalue weighted by molar-refractivity contribution is 6.61. The van der Waals surface area contributed by atoms with E-state index >= 15 is 0 Å². The van der Waals surface area contributed by atoms with Gasteiger partial charge in [-0.1, -0.05) is 0 Å². The molecular weight excluding hydrogens is 351 g/mol. The molecule has 0 bridgehead atoms. The molecule has 2 aliphatic rings. The minimum absolute atomic E-state index is 0.0115. The number of hydrogen-bond acceptors (Lipinski definition) is 8. The molecule has 0 radical (unpaired) electrons. The molecule has 2 saturated heterocycles. The predicted molar refractivity (Wildman–Crippen MR) is 99.4 cm³/mol. The Kier molecular flexibility index (Phi) is 5.44. The van der Waals surface area contributed by atoms with Crippen molar-refractivity contribution in [3.63, 3.8) is 0 Å². The van der Waals surface area contributed by atoms with Crippen molar-refractivity contribution in [2.24, 2.45) is 0 Å². The first-order valence-corrected chi connectivity index (χ1v) is 9.15. The summed E-state index contributed by atoms with van der Waals surface area (Å²) in [7, 11) is -0.511. The second-order valence-electron chi connectivity index (χ2n) is 8.04. The monoisotopic (exact) mass is 378 g/mol. The molecule has 3 rings (SSSR count). The molecule has 0 spiro atoms. The van der Waals surface area contributed by atoms with Crippen LogP contribution < -0.4 is 10.8 Å². The van der Waals surface area contributed by atoms with Gasteiger partial charge in [0.15, 0.2) is 6.10 Å². The summed E-state index contributed by atoms with van der Waals surface area (Å²) in [5, 5.41) is 21.5. The fourth-order valence-electron chi connectivity index (χ4n) is 3.06. The quantitative estimate of drug-likeness (QED) is 0.567. The van der Waals surface area contributed by atoms with E-state index in [1.807, 2.05) is 27.7 Å². The molecule has 9 nitrogen and oxygen atoms in total. The summed E-state index contributed by atoms with van der Waals surface area (Å²) in [6, 6.07) is -0.0115. The molecule has 27 heavy (non-hydrogen) atoms. The summed E-state index contributed by atoms with van der Waals surface area (Å²) < 4.78 is 12.0. The van der Waals surface area contributed by atoms with Gasteiger partial charge in [0, 0.05) is 37.0 Å². The molecule has 0 unspecified atom stereocenters. The summed E-state index contributed by atoms with van der Waals surface area (Å²) in [4.78, 5) is 22.1. The third-order valence-electron chi connectivity index (χ3n) is 5.49. The largest absolute Gasteiger partial charge is 0.498 e. The topological polar surface area (TPSA) is 117 Å². The van der Waals surface area contributed by atoms with Crippen molar-refractivity contribution in [1.29, 1.82) is 0 Å². The Morgan fingerprint density at radius 2 is 1.93 bits per heavy atom. The number of hydrogen-bond donors (Lipinski definition) is 3. The maximum absolute atomic E-state index is 11.9. The van der Waals surface area contributed by atoms with E-state index in [9.17, 15) is 9.90 Å². The number of likely N-dealkylation sites (tertiary alicyclic amines) is 1. The first-order chi connectivity index (χ1) is 12.6.